The highest BCUT2D eigenvalue weighted by atomic mass is 16.6. The van der Waals surface area contributed by atoms with Gasteiger partial charge in [0.25, 0.3) is 0 Å². The van der Waals surface area contributed by atoms with E-state index in [0.29, 0.717) is 6.54 Å². The van der Waals surface area contributed by atoms with Gasteiger partial charge < -0.3 is 15.2 Å². The molecule has 0 fully saturated rings. The predicted molar refractivity (Wildman–Crippen MR) is 102 cm³/mol. The maximum absolute atomic E-state index is 11.6. The molecule has 0 bridgehead atoms. The molecule has 27 heavy (non-hydrogen) atoms. The number of nitro groups is 1. The number of aryl methyl sites for hydroxylation is 1. The Balaban J connectivity index is 1.69. The number of hydrogen-bond acceptors (Lipinski definition) is 7. The van der Waals surface area contributed by atoms with Gasteiger partial charge >= 0.3 is 5.69 Å². The van der Waals surface area contributed by atoms with E-state index in [1.807, 2.05) is 48.0 Å². The molecule has 2 N–H and O–H groups in total. The van der Waals surface area contributed by atoms with Gasteiger partial charge in [0.05, 0.1) is 17.3 Å². The summed E-state index contributed by atoms with van der Waals surface area (Å²) in [6.07, 6.45) is 7.43. The Hall–Kier alpha value is -3.49. The summed E-state index contributed by atoms with van der Waals surface area (Å²) in [5.74, 6) is 0.409. The van der Waals surface area contributed by atoms with Gasteiger partial charge in [-0.3, -0.25) is 10.1 Å². The highest BCUT2D eigenvalue weighted by Crippen LogP contribution is 2.31. The van der Waals surface area contributed by atoms with Crippen LogP contribution in [0.15, 0.2) is 55.4 Å². The minimum absolute atomic E-state index is 0.131. The van der Waals surface area contributed by atoms with Crippen molar-refractivity contribution in [2.45, 2.75) is 25.9 Å². The van der Waals surface area contributed by atoms with Crippen LogP contribution in [0, 0.1) is 10.1 Å². The molecule has 3 aromatic rings. The molecule has 2 heterocycles. The average Bonchev–Trinajstić information content (AvgIpc) is 3.19. The lowest BCUT2D eigenvalue weighted by molar-refractivity contribution is -0.383. The number of aromatic nitrogens is 4. The van der Waals surface area contributed by atoms with Gasteiger partial charge in [-0.05, 0) is 18.9 Å². The number of benzene rings is 1. The topological polar surface area (TPSA) is 111 Å². The smallest absolute Gasteiger partial charge is 0.353 e. The largest absolute Gasteiger partial charge is 0.364 e. The first kappa shape index (κ1) is 18.3. The molecule has 0 radical (unpaired) electrons. The lowest BCUT2D eigenvalue weighted by atomic mass is 10.1. The number of nitrogens with one attached hydrogen (secondary N) is 2. The summed E-state index contributed by atoms with van der Waals surface area (Å²) in [5, 5.41) is 17.8. The van der Waals surface area contributed by atoms with Crippen molar-refractivity contribution in [3.63, 3.8) is 0 Å². The summed E-state index contributed by atoms with van der Waals surface area (Å²) in [6.45, 7) is 3.24. The maximum atomic E-state index is 11.6. The van der Waals surface area contributed by atoms with Crippen LogP contribution in [-0.4, -0.2) is 31.0 Å². The number of imidazole rings is 1. The van der Waals surface area contributed by atoms with Crippen molar-refractivity contribution in [1.29, 1.82) is 0 Å². The van der Waals surface area contributed by atoms with Crippen LogP contribution in [0.25, 0.3) is 0 Å². The zero-order chi connectivity index (χ0) is 19.1. The average molecular weight is 367 g/mol. The van der Waals surface area contributed by atoms with Crippen molar-refractivity contribution in [3.05, 3.63) is 71.1 Å². The van der Waals surface area contributed by atoms with Gasteiger partial charge in [0.2, 0.25) is 11.6 Å². The third kappa shape index (κ3) is 4.78. The van der Waals surface area contributed by atoms with Crippen LogP contribution < -0.4 is 10.6 Å². The van der Waals surface area contributed by atoms with Crippen molar-refractivity contribution in [2.75, 3.05) is 17.2 Å². The van der Waals surface area contributed by atoms with Gasteiger partial charge in [-0.25, -0.2) is 15.0 Å². The molecule has 9 nitrogen and oxygen atoms in total. The first-order chi connectivity index (χ1) is 13.1. The van der Waals surface area contributed by atoms with Crippen LogP contribution in [0.4, 0.5) is 17.3 Å². The second-order valence-electron chi connectivity index (χ2n) is 6.03. The molecule has 0 amide bonds. The molecule has 1 unspecified atom stereocenters. The molecular weight excluding hydrogens is 346 g/mol. The fourth-order valence-electron chi connectivity index (χ4n) is 2.70. The molecule has 2 aromatic heterocycles. The summed E-state index contributed by atoms with van der Waals surface area (Å²) in [4.78, 5) is 23.3. The summed E-state index contributed by atoms with van der Waals surface area (Å²) >= 11 is 0. The fourth-order valence-corrected chi connectivity index (χ4v) is 2.70. The molecular formula is C18H21N7O2. The van der Waals surface area contributed by atoms with E-state index in [0.717, 1.165) is 18.5 Å². The third-order valence-electron chi connectivity index (χ3n) is 4.10. The van der Waals surface area contributed by atoms with E-state index in [9.17, 15) is 10.1 Å². The number of hydrogen-bond donors (Lipinski definition) is 2. The summed E-state index contributed by atoms with van der Waals surface area (Å²) in [7, 11) is 0. The Kier molecular flexibility index (Phi) is 5.93. The van der Waals surface area contributed by atoms with Gasteiger partial charge in [0.15, 0.2) is 0 Å². The minimum atomic E-state index is -0.460. The van der Waals surface area contributed by atoms with Crippen LogP contribution >= 0.6 is 0 Å². The van der Waals surface area contributed by atoms with Crippen molar-refractivity contribution in [3.8, 4) is 0 Å². The van der Waals surface area contributed by atoms with Crippen LogP contribution in [0.5, 0.6) is 0 Å². The van der Waals surface area contributed by atoms with Crippen LogP contribution in [0.1, 0.15) is 24.9 Å². The molecule has 1 atom stereocenters. The predicted octanol–water partition coefficient (Wildman–Crippen LogP) is 3.26. The monoisotopic (exact) mass is 367 g/mol. The molecule has 9 heteroatoms. The Morgan fingerprint density at radius 2 is 2.00 bits per heavy atom. The Morgan fingerprint density at radius 1 is 1.22 bits per heavy atom. The van der Waals surface area contributed by atoms with Gasteiger partial charge in [-0.2, -0.15) is 0 Å². The van der Waals surface area contributed by atoms with E-state index >= 15 is 0 Å². The maximum Gasteiger partial charge on any atom is 0.353 e. The zero-order valence-electron chi connectivity index (χ0n) is 14.9. The standard InChI is InChI=1S/C18H21N7O2/c1-14(15-6-3-2-4-7-15)23-18-16(25(26)27)17(21-12-22-18)20-8-5-10-24-11-9-19-13-24/h2-4,6-7,9,11-14H,5,8,10H2,1H3,(H2,20,21,22,23). The quantitative estimate of drug-likeness (QED) is 0.339. The van der Waals surface area contributed by atoms with E-state index in [4.69, 9.17) is 0 Å². The zero-order valence-corrected chi connectivity index (χ0v) is 14.9. The Labute approximate surface area is 156 Å². The summed E-state index contributed by atoms with van der Waals surface area (Å²) < 4.78 is 1.95. The fraction of sp³-hybridized carbons (Fsp3) is 0.278. The Morgan fingerprint density at radius 3 is 2.70 bits per heavy atom. The molecule has 0 aliphatic carbocycles. The SMILES string of the molecule is CC(Nc1ncnc(NCCCn2ccnc2)c1[N+](=O)[O-])c1ccccc1. The Bertz CT molecular complexity index is 869. The molecule has 0 spiro atoms. The summed E-state index contributed by atoms with van der Waals surface area (Å²) in [6, 6.07) is 9.56. The van der Waals surface area contributed by atoms with Crippen LogP contribution in [-0.2, 0) is 6.54 Å². The van der Waals surface area contributed by atoms with Crippen LogP contribution in [0.3, 0.4) is 0 Å². The number of rotatable bonds is 9. The van der Waals surface area contributed by atoms with E-state index in [1.54, 1.807) is 12.5 Å². The summed E-state index contributed by atoms with van der Waals surface area (Å²) in [5.41, 5.74) is 0.864. The van der Waals surface area contributed by atoms with E-state index < -0.39 is 4.92 Å². The highest BCUT2D eigenvalue weighted by molar-refractivity contribution is 5.69. The van der Waals surface area contributed by atoms with Gasteiger partial charge in [0.1, 0.15) is 6.33 Å². The minimum Gasteiger partial charge on any atom is -0.364 e. The van der Waals surface area contributed by atoms with Gasteiger partial charge in [-0.1, -0.05) is 30.3 Å². The number of anilines is 2. The second-order valence-corrected chi connectivity index (χ2v) is 6.03. The highest BCUT2D eigenvalue weighted by Gasteiger charge is 2.24. The van der Waals surface area contributed by atoms with E-state index in [2.05, 4.69) is 25.6 Å². The third-order valence-corrected chi connectivity index (χ3v) is 4.10. The first-order valence-corrected chi connectivity index (χ1v) is 8.65. The van der Waals surface area contributed by atoms with Crippen molar-refractivity contribution >= 4 is 17.3 Å². The number of nitrogens with zero attached hydrogens (tertiary/aromatic N) is 5. The molecule has 1 aromatic carbocycles. The van der Waals surface area contributed by atoms with Crippen molar-refractivity contribution < 1.29 is 4.92 Å². The van der Waals surface area contributed by atoms with Gasteiger partial charge in [-0.15, -0.1) is 0 Å². The van der Waals surface area contributed by atoms with Crippen molar-refractivity contribution in [2.24, 2.45) is 0 Å². The second kappa shape index (κ2) is 8.75. The first-order valence-electron chi connectivity index (χ1n) is 8.65. The van der Waals surface area contributed by atoms with Crippen LogP contribution in [0.2, 0.25) is 0 Å². The van der Waals surface area contributed by atoms with Crippen molar-refractivity contribution in [1.82, 2.24) is 19.5 Å². The molecule has 0 saturated heterocycles. The normalized spacial score (nSPS) is 11.7. The molecule has 140 valence electrons. The molecule has 0 aliphatic heterocycles. The van der Waals surface area contributed by atoms with E-state index in [-0.39, 0.29) is 23.4 Å². The van der Waals surface area contributed by atoms with Gasteiger partial charge in [0, 0.05) is 25.5 Å². The lowest BCUT2D eigenvalue weighted by Crippen LogP contribution is -2.13. The molecule has 0 saturated carbocycles. The molecule has 0 aliphatic rings. The molecule has 3 rings (SSSR count). The lowest BCUT2D eigenvalue weighted by Gasteiger charge is -2.15. The van der Waals surface area contributed by atoms with E-state index in [1.165, 1.54) is 6.33 Å².